The maximum Gasteiger partial charge on any atom is 0.429 e. The summed E-state index contributed by atoms with van der Waals surface area (Å²) in [5.41, 5.74) is 5.99. The molecule has 3 N–H and O–H groups in total. The number of carbonyl (C=O) groups is 3. The molecule has 0 fully saturated rings. The molecule has 0 aliphatic rings. The number of amides is 2. The van der Waals surface area contributed by atoms with Crippen LogP contribution in [-0.2, 0) is 14.3 Å². The number of hydrazine groups is 1. The van der Waals surface area contributed by atoms with E-state index >= 15 is 0 Å². The highest BCUT2D eigenvalue weighted by molar-refractivity contribution is 5.89. The summed E-state index contributed by atoms with van der Waals surface area (Å²) in [4.78, 5) is 35.4. The van der Waals surface area contributed by atoms with Crippen LogP contribution in [0.25, 0.3) is 0 Å². The predicted octanol–water partition coefficient (Wildman–Crippen LogP) is 1.39. The van der Waals surface area contributed by atoms with Gasteiger partial charge in [0.2, 0.25) is 0 Å². The molecule has 0 saturated heterocycles. The molecule has 0 rings (SSSR count). The van der Waals surface area contributed by atoms with E-state index in [1.54, 1.807) is 41.5 Å². The zero-order valence-electron chi connectivity index (χ0n) is 14.1. The number of nitrogens with two attached hydrogens (primary N) is 1. The summed E-state index contributed by atoms with van der Waals surface area (Å²) in [6.07, 6.45) is -1.78. The van der Waals surface area contributed by atoms with E-state index in [-0.39, 0.29) is 0 Å². The van der Waals surface area contributed by atoms with Gasteiger partial charge in [-0.15, -0.1) is 0 Å². The Morgan fingerprint density at radius 2 is 1.55 bits per heavy atom. The van der Waals surface area contributed by atoms with Crippen molar-refractivity contribution in [1.29, 1.82) is 0 Å². The summed E-state index contributed by atoms with van der Waals surface area (Å²) in [6.45, 7) is 12.9. The van der Waals surface area contributed by atoms with Crippen molar-refractivity contribution in [2.24, 2.45) is 5.73 Å². The number of rotatable bonds is 3. The smallest absolute Gasteiger partial charge is 0.429 e. The van der Waals surface area contributed by atoms with Gasteiger partial charge in [-0.3, -0.25) is 4.79 Å². The number of hydrogen-bond donors (Lipinski definition) is 2. The third-order valence-electron chi connectivity index (χ3n) is 1.97. The lowest BCUT2D eigenvalue weighted by molar-refractivity contribution is -0.121. The van der Waals surface area contributed by atoms with Crippen molar-refractivity contribution in [1.82, 2.24) is 10.4 Å². The maximum absolute atomic E-state index is 12.0. The molecule has 2 amide bonds. The van der Waals surface area contributed by atoms with E-state index in [9.17, 15) is 14.4 Å². The number of hydrogen-bond acceptors (Lipinski definition) is 6. The van der Waals surface area contributed by atoms with Gasteiger partial charge in [-0.2, -0.15) is 0 Å². The third-order valence-corrected chi connectivity index (χ3v) is 1.97. The van der Waals surface area contributed by atoms with Crippen molar-refractivity contribution in [3.8, 4) is 0 Å². The molecule has 0 spiro atoms. The van der Waals surface area contributed by atoms with E-state index < -0.39 is 41.8 Å². The van der Waals surface area contributed by atoms with Gasteiger partial charge in [-0.05, 0) is 48.5 Å². The van der Waals surface area contributed by atoms with Crippen molar-refractivity contribution in [2.75, 3.05) is 6.54 Å². The lowest BCUT2D eigenvalue weighted by atomic mass is 10.2. The van der Waals surface area contributed by atoms with E-state index in [0.717, 1.165) is 0 Å². The number of Topliss-reactive ketones (excluding diaryl/α,β-unsaturated/α-hetero) is 1. The summed E-state index contributed by atoms with van der Waals surface area (Å²) in [5, 5.41) is 0.715. The molecule has 0 aromatic rings. The Labute approximate surface area is 131 Å². The van der Waals surface area contributed by atoms with Crippen LogP contribution < -0.4 is 11.2 Å². The van der Waals surface area contributed by atoms with E-state index in [4.69, 9.17) is 15.2 Å². The number of carbonyl (C=O) groups excluding carboxylic acids is 3. The van der Waals surface area contributed by atoms with Gasteiger partial charge in [0, 0.05) is 0 Å². The van der Waals surface area contributed by atoms with Crippen molar-refractivity contribution in [3.05, 3.63) is 6.92 Å². The molecular formula is C14H26N3O5. The molecule has 0 aliphatic heterocycles. The van der Waals surface area contributed by atoms with E-state index in [1.807, 2.05) is 0 Å². The Balaban J connectivity index is 4.97. The van der Waals surface area contributed by atoms with Crippen molar-refractivity contribution < 1.29 is 23.9 Å². The molecule has 1 atom stereocenters. The van der Waals surface area contributed by atoms with Crippen LogP contribution in [0.4, 0.5) is 9.59 Å². The highest BCUT2D eigenvalue weighted by Crippen LogP contribution is 2.10. The van der Waals surface area contributed by atoms with E-state index in [2.05, 4.69) is 12.3 Å². The fourth-order valence-corrected chi connectivity index (χ4v) is 1.15. The molecule has 1 radical (unpaired) electrons. The van der Waals surface area contributed by atoms with Crippen LogP contribution in [0.15, 0.2) is 0 Å². The lowest BCUT2D eigenvalue weighted by Gasteiger charge is -2.28. The quantitative estimate of drug-likeness (QED) is 0.761. The molecule has 0 unspecified atom stereocenters. The molecule has 0 aromatic carbocycles. The van der Waals surface area contributed by atoms with Gasteiger partial charge >= 0.3 is 12.2 Å². The van der Waals surface area contributed by atoms with Gasteiger partial charge < -0.3 is 15.2 Å². The Kier molecular flexibility index (Phi) is 6.82. The summed E-state index contributed by atoms with van der Waals surface area (Å²) >= 11 is 0. The van der Waals surface area contributed by atoms with Crippen molar-refractivity contribution >= 4 is 18.0 Å². The van der Waals surface area contributed by atoms with Crippen LogP contribution in [-0.4, -0.2) is 46.8 Å². The van der Waals surface area contributed by atoms with Gasteiger partial charge in [0.1, 0.15) is 17.7 Å². The SMILES string of the molecule is [CH2][C@H](N)C(=O)CN(NC(=O)OC(C)(C)C)C(=O)OC(C)(C)C. The fraction of sp³-hybridized carbons (Fsp3) is 0.714. The third kappa shape index (κ3) is 9.17. The van der Waals surface area contributed by atoms with Gasteiger partial charge in [0.25, 0.3) is 0 Å². The number of ketones is 1. The van der Waals surface area contributed by atoms with Crippen LogP contribution >= 0.6 is 0 Å². The van der Waals surface area contributed by atoms with Crippen LogP contribution in [0.5, 0.6) is 0 Å². The zero-order valence-corrected chi connectivity index (χ0v) is 14.1. The minimum atomic E-state index is -1.02. The molecule has 0 aromatic heterocycles. The molecule has 8 nitrogen and oxygen atoms in total. The number of nitrogens with one attached hydrogen (secondary N) is 1. The van der Waals surface area contributed by atoms with Crippen LogP contribution in [0, 0.1) is 6.92 Å². The Morgan fingerprint density at radius 1 is 1.09 bits per heavy atom. The molecular weight excluding hydrogens is 290 g/mol. The molecule has 0 saturated carbocycles. The highest BCUT2D eigenvalue weighted by atomic mass is 16.6. The second-order valence-corrected chi connectivity index (χ2v) is 6.75. The first-order valence-electron chi connectivity index (χ1n) is 6.83. The maximum atomic E-state index is 12.0. The topological polar surface area (TPSA) is 111 Å². The van der Waals surface area contributed by atoms with E-state index in [1.165, 1.54) is 0 Å². The van der Waals surface area contributed by atoms with Crippen LogP contribution in [0.3, 0.4) is 0 Å². The second-order valence-electron chi connectivity index (χ2n) is 6.75. The van der Waals surface area contributed by atoms with Gasteiger partial charge in [0.15, 0.2) is 5.78 Å². The predicted molar refractivity (Wildman–Crippen MR) is 80.6 cm³/mol. The molecule has 127 valence electrons. The fourth-order valence-electron chi connectivity index (χ4n) is 1.15. The van der Waals surface area contributed by atoms with Gasteiger partial charge in [-0.1, -0.05) is 0 Å². The molecule has 0 heterocycles. The monoisotopic (exact) mass is 316 g/mol. The molecule has 0 bridgehead atoms. The first-order valence-corrected chi connectivity index (χ1v) is 6.83. The average molecular weight is 316 g/mol. The van der Waals surface area contributed by atoms with Crippen molar-refractivity contribution in [2.45, 2.75) is 58.8 Å². The zero-order chi connectivity index (χ0) is 17.7. The minimum absolute atomic E-state index is 0.473. The Hall–Kier alpha value is -1.83. The number of ether oxygens (including phenoxy) is 2. The normalized spacial score (nSPS) is 13.1. The molecule has 22 heavy (non-hydrogen) atoms. The Bertz CT molecular complexity index is 421. The average Bonchev–Trinajstić information content (AvgIpc) is 2.22. The van der Waals surface area contributed by atoms with Crippen molar-refractivity contribution in [3.63, 3.8) is 0 Å². The van der Waals surface area contributed by atoms with Gasteiger partial charge in [0.05, 0.1) is 6.04 Å². The molecule has 0 aliphatic carbocycles. The van der Waals surface area contributed by atoms with Crippen LogP contribution in [0.2, 0.25) is 0 Å². The van der Waals surface area contributed by atoms with Crippen LogP contribution in [0.1, 0.15) is 41.5 Å². The summed E-state index contributed by atoms with van der Waals surface area (Å²) in [6, 6.07) is -1.02. The van der Waals surface area contributed by atoms with E-state index in [0.29, 0.717) is 5.01 Å². The highest BCUT2D eigenvalue weighted by Gasteiger charge is 2.28. The summed E-state index contributed by atoms with van der Waals surface area (Å²) < 4.78 is 10.1. The number of nitrogens with zero attached hydrogens (tertiary/aromatic N) is 1. The summed E-state index contributed by atoms with van der Waals surface area (Å²) in [5.74, 6) is -0.540. The largest absolute Gasteiger partial charge is 0.443 e. The molecule has 8 heteroatoms. The minimum Gasteiger partial charge on any atom is -0.443 e. The standard InChI is InChI=1S/C14H26N3O5/c1-9(15)10(18)8-17(12(20)22-14(5,6)7)16-11(19)21-13(2,3)4/h9H,1,8,15H2,2-7H3,(H,16,19)/t9-/m0/s1. The van der Waals surface area contributed by atoms with Gasteiger partial charge in [-0.25, -0.2) is 20.0 Å². The second kappa shape index (κ2) is 7.44. The first kappa shape index (κ1) is 20.2. The first-order chi connectivity index (χ1) is 9.71. The summed E-state index contributed by atoms with van der Waals surface area (Å²) in [7, 11) is 0. The Morgan fingerprint density at radius 3 is 1.91 bits per heavy atom. The lowest BCUT2D eigenvalue weighted by Crippen LogP contribution is -2.53.